The molecule has 2 rings (SSSR count). The molecule has 1 aromatic carbocycles. The zero-order valence-corrected chi connectivity index (χ0v) is 10.7. The Labute approximate surface area is 109 Å². The van der Waals surface area contributed by atoms with Crippen LogP contribution in [-0.4, -0.2) is 22.7 Å². The Kier molecular flexibility index (Phi) is 3.94. The van der Waals surface area contributed by atoms with Gasteiger partial charge in [0.1, 0.15) is 5.75 Å². The second-order valence-corrected chi connectivity index (χ2v) is 4.57. The number of carbonyl (C=O) groups is 1. The fourth-order valence-electron chi connectivity index (χ4n) is 1.55. The van der Waals surface area contributed by atoms with Crippen LogP contribution in [0.4, 0.5) is 0 Å². The van der Waals surface area contributed by atoms with E-state index in [1.165, 1.54) is 11.3 Å². The summed E-state index contributed by atoms with van der Waals surface area (Å²) in [5.74, 6) is -0.259. The van der Waals surface area contributed by atoms with Gasteiger partial charge in [0.2, 0.25) is 0 Å². The van der Waals surface area contributed by atoms with Crippen LogP contribution in [0, 0.1) is 0 Å². The molecule has 0 atom stereocenters. The minimum Gasteiger partial charge on any atom is -0.494 e. The summed E-state index contributed by atoms with van der Waals surface area (Å²) in [7, 11) is 0. The Balaban J connectivity index is 2.32. The van der Waals surface area contributed by atoms with Crippen molar-refractivity contribution in [2.45, 2.75) is 13.3 Å². The Morgan fingerprint density at radius 1 is 1.50 bits per heavy atom. The van der Waals surface area contributed by atoms with E-state index >= 15 is 0 Å². The van der Waals surface area contributed by atoms with Gasteiger partial charge in [-0.05, 0) is 24.1 Å². The van der Waals surface area contributed by atoms with E-state index in [1.54, 1.807) is 5.51 Å². The zero-order chi connectivity index (χ0) is 13.0. The highest BCUT2D eigenvalue weighted by molar-refractivity contribution is 7.13. The first-order chi connectivity index (χ1) is 8.72. The molecule has 0 aliphatic rings. The van der Waals surface area contributed by atoms with E-state index in [-0.39, 0.29) is 5.69 Å². The molecule has 2 aromatic rings. The van der Waals surface area contributed by atoms with Crippen molar-refractivity contribution in [2.24, 2.45) is 0 Å². The summed E-state index contributed by atoms with van der Waals surface area (Å²) in [5.41, 5.74) is 2.45. The maximum Gasteiger partial charge on any atom is 0.356 e. The molecule has 0 bridgehead atoms. The quantitative estimate of drug-likeness (QED) is 0.899. The number of ether oxygens (including phenoxy) is 1. The van der Waals surface area contributed by atoms with Gasteiger partial charge in [-0.15, -0.1) is 11.3 Å². The number of aromatic nitrogens is 1. The third-order valence-corrected chi connectivity index (χ3v) is 3.21. The van der Waals surface area contributed by atoms with E-state index in [9.17, 15) is 4.79 Å². The average Bonchev–Trinajstić information content (AvgIpc) is 2.86. The summed E-state index contributed by atoms with van der Waals surface area (Å²) in [6.45, 7) is 2.69. The molecule has 0 amide bonds. The van der Waals surface area contributed by atoms with Crippen molar-refractivity contribution in [1.82, 2.24) is 4.98 Å². The standard InChI is InChI=1S/C13H13NO3S/c1-2-6-17-10-5-3-4-9(7-10)12-11(13(15)16)14-8-18-12/h3-5,7-8H,2,6H2,1H3,(H,15,16). The molecule has 0 fully saturated rings. The van der Waals surface area contributed by atoms with Gasteiger partial charge in [0, 0.05) is 0 Å². The van der Waals surface area contributed by atoms with Crippen molar-refractivity contribution in [3.8, 4) is 16.2 Å². The first-order valence-electron chi connectivity index (χ1n) is 5.62. The van der Waals surface area contributed by atoms with Crippen molar-refractivity contribution in [3.05, 3.63) is 35.5 Å². The van der Waals surface area contributed by atoms with Gasteiger partial charge < -0.3 is 9.84 Å². The SMILES string of the molecule is CCCOc1cccc(-c2scnc2C(=O)O)c1. The number of hydrogen-bond donors (Lipinski definition) is 1. The molecule has 0 spiro atoms. The second kappa shape index (κ2) is 5.64. The zero-order valence-electron chi connectivity index (χ0n) is 9.92. The molecule has 0 saturated heterocycles. The molecule has 0 saturated carbocycles. The minimum atomic E-state index is -1.01. The van der Waals surface area contributed by atoms with E-state index in [1.807, 2.05) is 31.2 Å². The summed E-state index contributed by atoms with van der Waals surface area (Å²) in [5, 5.41) is 9.04. The van der Waals surface area contributed by atoms with Gasteiger partial charge in [-0.2, -0.15) is 0 Å². The third kappa shape index (κ3) is 2.68. The van der Waals surface area contributed by atoms with Gasteiger partial charge >= 0.3 is 5.97 Å². The minimum absolute atomic E-state index is 0.0904. The fraction of sp³-hybridized carbons (Fsp3) is 0.231. The Bertz CT molecular complexity index is 551. The number of thiazole rings is 1. The number of hydrogen-bond acceptors (Lipinski definition) is 4. The summed E-state index contributed by atoms with van der Waals surface area (Å²) >= 11 is 1.32. The number of benzene rings is 1. The molecular weight excluding hydrogens is 250 g/mol. The number of aromatic carboxylic acids is 1. The summed E-state index contributed by atoms with van der Waals surface area (Å²) in [6.07, 6.45) is 0.936. The van der Waals surface area contributed by atoms with Crippen LogP contribution in [0.25, 0.3) is 10.4 Å². The third-order valence-electron chi connectivity index (χ3n) is 2.34. The Morgan fingerprint density at radius 3 is 3.06 bits per heavy atom. The summed E-state index contributed by atoms with van der Waals surface area (Å²) in [6, 6.07) is 7.42. The van der Waals surface area contributed by atoms with Crippen LogP contribution < -0.4 is 4.74 Å². The van der Waals surface area contributed by atoms with Crippen LogP contribution in [0.5, 0.6) is 5.75 Å². The van der Waals surface area contributed by atoms with Crippen LogP contribution in [0.1, 0.15) is 23.8 Å². The predicted molar refractivity (Wildman–Crippen MR) is 70.3 cm³/mol. The lowest BCUT2D eigenvalue weighted by Crippen LogP contribution is -1.99. The first kappa shape index (κ1) is 12.6. The van der Waals surface area contributed by atoms with E-state index in [2.05, 4.69) is 4.98 Å². The second-order valence-electron chi connectivity index (χ2n) is 3.71. The Morgan fingerprint density at radius 2 is 2.33 bits per heavy atom. The van der Waals surface area contributed by atoms with Crippen molar-refractivity contribution >= 4 is 17.3 Å². The predicted octanol–water partition coefficient (Wildman–Crippen LogP) is 3.30. The lowest BCUT2D eigenvalue weighted by atomic mass is 10.1. The van der Waals surface area contributed by atoms with E-state index in [0.29, 0.717) is 11.5 Å². The van der Waals surface area contributed by atoms with E-state index < -0.39 is 5.97 Å². The van der Waals surface area contributed by atoms with Crippen LogP contribution in [-0.2, 0) is 0 Å². The molecule has 94 valence electrons. The maximum atomic E-state index is 11.0. The van der Waals surface area contributed by atoms with Gasteiger partial charge in [0.25, 0.3) is 0 Å². The van der Waals surface area contributed by atoms with Crippen molar-refractivity contribution < 1.29 is 14.6 Å². The highest BCUT2D eigenvalue weighted by Crippen LogP contribution is 2.30. The molecule has 18 heavy (non-hydrogen) atoms. The fourth-order valence-corrected chi connectivity index (χ4v) is 2.33. The lowest BCUT2D eigenvalue weighted by molar-refractivity contribution is 0.0692. The van der Waals surface area contributed by atoms with E-state index in [0.717, 1.165) is 17.7 Å². The number of carboxylic acids is 1. The molecule has 0 aliphatic carbocycles. The van der Waals surface area contributed by atoms with Crippen molar-refractivity contribution in [1.29, 1.82) is 0 Å². The van der Waals surface area contributed by atoms with Gasteiger partial charge in [-0.25, -0.2) is 9.78 Å². The molecular formula is C13H13NO3S. The molecule has 1 N–H and O–H groups in total. The van der Waals surface area contributed by atoms with Crippen molar-refractivity contribution in [3.63, 3.8) is 0 Å². The molecule has 0 radical (unpaired) electrons. The van der Waals surface area contributed by atoms with Gasteiger partial charge in [0.15, 0.2) is 5.69 Å². The van der Waals surface area contributed by atoms with E-state index in [4.69, 9.17) is 9.84 Å². The van der Waals surface area contributed by atoms with Gasteiger partial charge in [0.05, 0.1) is 17.0 Å². The maximum absolute atomic E-state index is 11.0. The largest absolute Gasteiger partial charge is 0.494 e. The number of carboxylic acid groups (broad SMARTS) is 1. The molecule has 1 heterocycles. The summed E-state index contributed by atoms with van der Waals surface area (Å²) < 4.78 is 5.53. The number of rotatable bonds is 5. The monoisotopic (exact) mass is 263 g/mol. The van der Waals surface area contributed by atoms with Crippen LogP contribution in [0.15, 0.2) is 29.8 Å². The van der Waals surface area contributed by atoms with Crippen LogP contribution in [0.2, 0.25) is 0 Å². The molecule has 5 heteroatoms. The lowest BCUT2D eigenvalue weighted by Gasteiger charge is -2.06. The van der Waals surface area contributed by atoms with Crippen LogP contribution >= 0.6 is 11.3 Å². The summed E-state index contributed by atoms with van der Waals surface area (Å²) in [4.78, 5) is 15.5. The first-order valence-corrected chi connectivity index (χ1v) is 6.50. The highest BCUT2D eigenvalue weighted by atomic mass is 32.1. The topological polar surface area (TPSA) is 59.4 Å². The van der Waals surface area contributed by atoms with Crippen molar-refractivity contribution in [2.75, 3.05) is 6.61 Å². The Hall–Kier alpha value is -1.88. The normalized spacial score (nSPS) is 10.3. The van der Waals surface area contributed by atoms with Gasteiger partial charge in [-0.1, -0.05) is 19.1 Å². The van der Waals surface area contributed by atoms with Crippen LogP contribution in [0.3, 0.4) is 0 Å². The molecule has 0 unspecified atom stereocenters. The average molecular weight is 263 g/mol. The molecule has 4 nitrogen and oxygen atoms in total. The smallest absolute Gasteiger partial charge is 0.356 e. The van der Waals surface area contributed by atoms with Gasteiger partial charge in [-0.3, -0.25) is 0 Å². The highest BCUT2D eigenvalue weighted by Gasteiger charge is 2.15. The molecule has 0 aliphatic heterocycles. The molecule has 1 aromatic heterocycles. The number of nitrogens with zero attached hydrogens (tertiary/aromatic N) is 1.